The fourth-order valence-electron chi connectivity index (χ4n) is 2.72. The van der Waals surface area contributed by atoms with Gasteiger partial charge in [0.15, 0.2) is 0 Å². The van der Waals surface area contributed by atoms with E-state index in [1.807, 2.05) is 7.11 Å². The van der Waals surface area contributed by atoms with Gasteiger partial charge in [-0.15, -0.1) is 0 Å². The molecular weight excluding hydrogens is 335 g/mol. The van der Waals surface area contributed by atoms with Crippen molar-refractivity contribution < 1.29 is 21.4 Å². The van der Waals surface area contributed by atoms with Crippen molar-refractivity contribution in [2.24, 2.45) is 0 Å². The molecule has 0 saturated carbocycles. The van der Waals surface area contributed by atoms with Crippen LogP contribution in [-0.4, -0.2) is 33.6 Å². The lowest BCUT2D eigenvalue weighted by Gasteiger charge is -2.38. The van der Waals surface area contributed by atoms with Crippen LogP contribution < -0.4 is 17.0 Å². The first kappa shape index (κ1) is 22.4. The SMILES string of the molecule is CCCC[P+](CCCC)(CCCC)[Si](C)(C)OC.[Br-]. The molecule has 0 heterocycles. The highest BCUT2D eigenvalue weighted by Crippen LogP contribution is 2.68. The van der Waals surface area contributed by atoms with Gasteiger partial charge in [-0.25, -0.2) is 0 Å². The first-order valence-corrected chi connectivity index (χ1v) is 14.0. The molecule has 0 bridgehead atoms. The van der Waals surface area contributed by atoms with Gasteiger partial charge in [0.2, 0.25) is 0 Å². The topological polar surface area (TPSA) is 9.23 Å². The summed E-state index contributed by atoms with van der Waals surface area (Å²) in [6, 6.07) is 0. The summed E-state index contributed by atoms with van der Waals surface area (Å²) in [5.74, 6) is 0. The Morgan fingerprint density at radius 3 is 1.32 bits per heavy atom. The lowest BCUT2D eigenvalue weighted by Crippen LogP contribution is -3.00. The van der Waals surface area contributed by atoms with Gasteiger partial charge in [-0.05, 0) is 32.4 Å². The van der Waals surface area contributed by atoms with Crippen LogP contribution in [-0.2, 0) is 4.43 Å². The molecular formula is C15H36BrOPSi. The molecule has 0 atom stereocenters. The molecule has 0 saturated heterocycles. The Labute approximate surface area is 134 Å². The molecule has 0 aromatic heterocycles. The molecule has 0 rings (SSSR count). The lowest BCUT2D eigenvalue weighted by molar-refractivity contribution is -0.00000480. The maximum absolute atomic E-state index is 6.08. The van der Waals surface area contributed by atoms with Gasteiger partial charge in [-0.2, -0.15) is 0 Å². The number of halogens is 1. The van der Waals surface area contributed by atoms with E-state index in [1.54, 1.807) is 0 Å². The van der Waals surface area contributed by atoms with Crippen molar-refractivity contribution in [3.63, 3.8) is 0 Å². The standard InChI is InChI=1S/C15H36OPSi.BrH/c1-7-10-13-17(14-11-8-2,15-12-9-3)18(5,6)16-4;/h7-15H2,1-6H3;1H/q+1;/p-1. The predicted molar refractivity (Wildman–Crippen MR) is 90.7 cm³/mol. The van der Waals surface area contributed by atoms with Crippen molar-refractivity contribution in [1.82, 2.24) is 0 Å². The minimum atomic E-state index is -1.46. The molecule has 0 radical (unpaired) electrons. The summed E-state index contributed by atoms with van der Waals surface area (Å²) < 4.78 is 6.08. The van der Waals surface area contributed by atoms with Gasteiger partial charge in [0, 0.05) is 13.9 Å². The Morgan fingerprint density at radius 2 is 1.11 bits per heavy atom. The first-order valence-electron chi connectivity index (χ1n) is 7.91. The van der Waals surface area contributed by atoms with Crippen molar-refractivity contribution >= 4 is 14.8 Å². The van der Waals surface area contributed by atoms with Crippen LogP contribution in [0.1, 0.15) is 59.3 Å². The van der Waals surface area contributed by atoms with Gasteiger partial charge in [0.05, 0.1) is 18.5 Å². The van der Waals surface area contributed by atoms with Crippen LogP contribution in [0.25, 0.3) is 0 Å². The molecule has 0 amide bonds. The van der Waals surface area contributed by atoms with E-state index in [2.05, 4.69) is 33.9 Å². The Hall–Kier alpha value is 1.09. The molecule has 0 unspecified atom stereocenters. The van der Waals surface area contributed by atoms with Crippen LogP contribution in [0.4, 0.5) is 0 Å². The predicted octanol–water partition coefficient (Wildman–Crippen LogP) is 2.76. The third-order valence-electron chi connectivity index (χ3n) is 4.46. The maximum Gasteiger partial charge on any atom is 0.365 e. The summed E-state index contributed by atoms with van der Waals surface area (Å²) in [7, 11) is 0.519. The number of unbranched alkanes of at least 4 members (excludes halogenated alkanes) is 3. The maximum atomic E-state index is 6.08. The van der Waals surface area contributed by atoms with E-state index >= 15 is 0 Å². The Kier molecular flexibility index (Phi) is 13.8. The van der Waals surface area contributed by atoms with Crippen LogP contribution >= 0.6 is 6.81 Å². The summed E-state index contributed by atoms with van der Waals surface area (Å²) in [4.78, 5) is 0. The molecule has 19 heavy (non-hydrogen) atoms. The van der Waals surface area contributed by atoms with Gasteiger partial charge < -0.3 is 21.4 Å². The molecule has 0 fully saturated rings. The Bertz CT molecular complexity index is 191. The highest BCUT2D eigenvalue weighted by molar-refractivity contribution is 8.07. The average Bonchev–Trinajstić information content (AvgIpc) is 2.38. The highest BCUT2D eigenvalue weighted by Gasteiger charge is 2.54. The molecule has 0 aliphatic rings. The van der Waals surface area contributed by atoms with E-state index in [0.717, 1.165) is 0 Å². The zero-order valence-electron chi connectivity index (χ0n) is 14.1. The van der Waals surface area contributed by atoms with Gasteiger partial charge in [-0.3, -0.25) is 0 Å². The Morgan fingerprint density at radius 1 is 0.789 bits per heavy atom. The van der Waals surface area contributed by atoms with Crippen molar-refractivity contribution in [1.29, 1.82) is 0 Å². The first-order chi connectivity index (χ1) is 8.49. The second-order valence-electron chi connectivity index (χ2n) is 6.03. The van der Waals surface area contributed by atoms with Gasteiger partial charge in [0.25, 0.3) is 0 Å². The largest absolute Gasteiger partial charge is 1.00 e. The summed E-state index contributed by atoms with van der Waals surface area (Å²) in [6.45, 7) is 11.1. The van der Waals surface area contributed by atoms with Crippen molar-refractivity contribution in [2.45, 2.75) is 72.4 Å². The summed E-state index contributed by atoms with van der Waals surface area (Å²) in [5, 5.41) is 0. The minimum Gasteiger partial charge on any atom is -1.00 e. The van der Waals surface area contributed by atoms with E-state index in [1.165, 1.54) is 57.0 Å². The van der Waals surface area contributed by atoms with Crippen LogP contribution in [0.15, 0.2) is 0 Å². The molecule has 0 aromatic rings. The van der Waals surface area contributed by atoms with E-state index in [0.29, 0.717) is 0 Å². The van der Waals surface area contributed by atoms with Crippen LogP contribution in [0, 0.1) is 0 Å². The third-order valence-corrected chi connectivity index (χ3v) is 20.7. The molecule has 4 heteroatoms. The molecule has 0 N–H and O–H groups in total. The van der Waals surface area contributed by atoms with Crippen LogP contribution in [0.3, 0.4) is 0 Å². The fraction of sp³-hybridized carbons (Fsp3) is 1.00. The number of rotatable bonds is 11. The van der Waals surface area contributed by atoms with E-state index < -0.39 is 14.8 Å². The highest BCUT2D eigenvalue weighted by atomic mass is 79.9. The summed E-state index contributed by atoms with van der Waals surface area (Å²) in [6.07, 6.45) is 12.8. The van der Waals surface area contributed by atoms with Crippen LogP contribution in [0.5, 0.6) is 0 Å². The third kappa shape index (κ3) is 7.06. The number of hydrogen-bond acceptors (Lipinski definition) is 1. The summed E-state index contributed by atoms with van der Waals surface area (Å²) >= 11 is 0. The second kappa shape index (κ2) is 11.7. The van der Waals surface area contributed by atoms with E-state index in [-0.39, 0.29) is 17.0 Å². The van der Waals surface area contributed by atoms with Gasteiger partial charge in [-0.1, -0.05) is 40.0 Å². The van der Waals surface area contributed by atoms with Gasteiger partial charge in [0.1, 0.15) is 0 Å². The normalized spacial score (nSPS) is 12.3. The zero-order chi connectivity index (χ0) is 14.1. The molecule has 0 spiro atoms. The number of hydrogen-bond donors (Lipinski definition) is 0. The second-order valence-corrected chi connectivity index (χ2v) is 19.0. The Balaban J connectivity index is 0. The molecule has 118 valence electrons. The fourth-order valence-corrected chi connectivity index (χ4v) is 15.6. The molecule has 1 nitrogen and oxygen atoms in total. The molecule has 0 aliphatic carbocycles. The van der Waals surface area contributed by atoms with Crippen molar-refractivity contribution in [3.05, 3.63) is 0 Å². The van der Waals surface area contributed by atoms with Gasteiger partial charge >= 0.3 is 7.98 Å². The minimum absolute atomic E-state index is 0. The van der Waals surface area contributed by atoms with Crippen molar-refractivity contribution in [3.8, 4) is 0 Å². The van der Waals surface area contributed by atoms with E-state index in [4.69, 9.17) is 4.43 Å². The lowest BCUT2D eigenvalue weighted by atomic mass is 10.4. The average molecular weight is 371 g/mol. The summed E-state index contributed by atoms with van der Waals surface area (Å²) in [5.41, 5.74) is 0. The molecule has 0 aromatic carbocycles. The van der Waals surface area contributed by atoms with Crippen LogP contribution in [0.2, 0.25) is 13.1 Å². The quantitative estimate of drug-likeness (QED) is 0.401. The smallest absolute Gasteiger partial charge is 0.365 e. The monoisotopic (exact) mass is 370 g/mol. The molecule has 0 aliphatic heterocycles. The van der Waals surface area contributed by atoms with Crippen molar-refractivity contribution in [2.75, 3.05) is 25.6 Å². The zero-order valence-corrected chi connectivity index (χ0v) is 17.6. The van der Waals surface area contributed by atoms with E-state index in [9.17, 15) is 0 Å².